The molecule has 4 atom stereocenters. The van der Waals surface area contributed by atoms with E-state index in [0.29, 0.717) is 17.7 Å². The lowest BCUT2D eigenvalue weighted by molar-refractivity contribution is -0.00696. The fourth-order valence-electron chi connectivity index (χ4n) is 5.67. The molecule has 5 nitrogen and oxygen atoms in total. The second-order valence-corrected chi connectivity index (χ2v) is 7.25. The van der Waals surface area contributed by atoms with Crippen LogP contribution in [0.5, 0.6) is 11.5 Å². The van der Waals surface area contributed by atoms with Crippen molar-refractivity contribution in [2.24, 2.45) is 16.9 Å². The molecule has 1 saturated heterocycles. The number of piperidine rings is 1. The van der Waals surface area contributed by atoms with Crippen molar-refractivity contribution in [3.63, 3.8) is 0 Å². The minimum atomic E-state index is -0.0881. The molecule has 2 bridgehead atoms. The Morgan fingerprint density at radius 2 is 2.32 bits per heavy atom. The predicted molar refractivity (Wildman–Crippen MR) is 83.3 cm³/mol. The highest BCUT2D eigenvalue weighted by atomic mass is 16.5. The molecule has 5 heteroatoms. The lowest BCUT2D eigenvalue weighted by Crippen LogP contribution is -2.65. The monoisotopic (exact) mass is 299 g/mol. The van der Waals surface area contributed by atoms with Gasteiger partial charge in [0.25, 0.3) is 0 Å². The number of benzene rings is 1. The summed E-state index contributed by atoms with van der Waals surface area (Å²) in [5.74, 6) is 7.18. The van der Waals surface area contributed by atoms with Gasteiger partial charge in [-0.25, -0.2) is 0 Å². The molecule has 1 spiro atoms. The van der Waals surface area contributed by atoms with Crippen LogP contribution in [0.15, 0.2) is 17.2 Å². The number of aromatic hydroxyl groups is 1. The van der Waals surface area contributed by atoms with E-state index in [2.05, 4.69) is 23.1 Å². The Balaban J connectivity index is 1.82. The van der Waals surface area contributed by atoms with Crippen molar-refractivity contribution in [3.05, 3.63) is 23.3 Å². The van der Waals surface area contributed by atoms with E-state index in [9.17, 15) is 5.11 Å². The van der Waals surface area contributed by atoms with E-state index in [1.54, 1.807) is 6.07 Å². The summed E-state index contributed by atoms with van der Waals surface area (Å²) < 4.78 is 6.27. The van der Waals surface area contributed by atoms with Crippen molar-refractivity contribution >= 4 is 5.71 Å². The summed E-state index contributed by atoms with van der Waals surface area (Å²) in [7, 11) is 2.24. The Hall–Kier alpha value is -1.75. The molecule has 1 aromatic rings. The van der Waals surface area contributed by atoms with Crippen LogP contribution >= 0.6 is 0 Å². The van der Waals surface area contributed by atoms with Gasteiger partial charge in [-0.1, -0.05) is 6.07 Å². The fraction of sp³-hybridized carbons (Fsp3) is 0.588. The minimum absolute atomic E-state index is 0.0325. The molecular formula is C17H21N3O2. The molecule has 0 aromatic heterocycles. The highest BCUT2D eigenvalue weighted by Gasteiger charge is 2.64. The maximum Gasteiger partial charge on any atom is 0.166 e. The average Bonchev–Trinajstić information content (AvgIpc) is 2.88. The lowest BCUT2D eigenvalue weighted by atomic mass is 9.51. The number of hydrogen-bond donors (Lipinski definition) is 2. The summed E-state index contributed by atoms with van der Waals surface area (Å²) in [5, 5.41) is 14.4. The summed E-state index contributed by atoms with van der Waals surface area (Å²) in [6, 6.07) is 4.41. The maximum atomic E-state index is 10.3. The molecule has 1 unspecified atom stereocenters. The Labute approximate surface area is 129 Å². The molecule has 0 amide bonds. The molecule has 2 heterocycles. The van der Waals surface area contributed by atoms with Crippen LogP contribution in [0.4, 0.5) is 0 Å². The fourth-order valence-corrected chi connectivity index (χ4v) is 5.67. The smallest absolute Gasteiger partial charge is 0.166 e. The van der Waals surface area contributed by atoms with E-state index in [1.165, 1.54) is 11.1 Å². The SMILES string of the molecule is CN1CC[C@]23c4c5ccc(O)c4OC2/C(=N/N)CC[C@H]3[C@H]1C5. The van der Waals surface area contributed by atoms with Crippen LogP contribution in [0, 0.1) is 5.92 Å². The van der Waals surface area contributed by atoms with Crippen molar-refractivity contribution in [1.82, 2.24) is 4.90 Å². The van der Waals surface area contributed by atoms with E-state index in [-0.39, 0.29) is 17.3 Å². The summed E-state index contributed by atoms with van der Waals surface area (Å²) in [4.78, 5) is 2.51. The molecule has 5 rings (SSSR count). The van der Waals surface area contributed by atoms with Gasteiger partial charge in [0, 0.05) is 17.0 Å². The van der Waals surface area contributed by atoms with Gasteiger partial charge in [-0.2, -0.15) is 5.10 Å². The summed E-state index contributed by atoms with van der Waals surface area (Å²) in [6.07, 6.45) is 4.03. The summed E-state index contributed by atoms with van der Waals surface area (Å²) >= 11 is 0. The van der Waals surface area contributed by atoms with Crippen LogP contribution in [0.2, 0.25) is 0 Å². The first-order valence-electron chi connectivity index (χ1n) is 8.15. The number of likely N-dealkylation sites (tertiary alicyclic amines) is 1. The lowest BCUT2D eigenvalue weighted by Gasteiger charge is -2.57. The van der Waals surface area contributed by atoms with E-state index >= 15 is 0 Å². The standard InChI is InChI=1S/C17H21N3O2/c1-20-7-6-17-10-3-4-11(19-18)16(17)22-15-13(21)5-2-9(14(15)17)8-12(10)20/h2,5,10,12,16,21H,3-4,6-8,18H2,1H3/b19-11+/t10-,12+,16?,17-/m0/s1. The van der Waals surface area contributed by atoms with Crippen molar-refractivity contribution in [2.75, 3.05) is 13.6 Å². The molecule has 1 saturated carbocycles. The first kappa shape index (κ1) is 12.8. The van der Waals surface area contributed by atoms with E-state index < -0.39 is 0 Å². The number of rotatable bonds is 0. The number of ether oxygens (including phenoxy) is 1. The zero-order valence-electron chi connectivity index (χ0n) is 12.7. The second-order valence-electron chi connectivity index (χ2n) is 7.25. The maximum absolute atomic E-state index is 10.3. The van der Waals surface area contributed by atoms with Gasteiger partial charge in [0.1, 0.15) is 6.10 Å². The van der Waals surface area contributed by atoms with Crippen molar-refractivity contribution < 1.29 is 9.84 Å². The first-order valence-corrected chi connectivity index (χ1v) is 8.15. The number of phenols is 1. The number of phenolic OH excluding ortho intramolecular Hbond substituents is 1. The summed E-state index contributed by atoms with van der Waals surface area (Å²) in [6.45, 7) is 1.06. The average molecular weight is 299 g/mol. The van der Waals surface area contributed by atoms with Gasteiger partial charge >= 0.3 is 0 Å². The molecule has 4 aliphatic rings. The van der Waals surface area contributed by atoms with Gasteiger partial charge < -0.3 is 20.6 Å². The van der Waals surface area contributed by atoms with Gasteiger partial charge in [0.05, 0.1) is 5.71 Å². The molecule has 22 heavy (non-hydrogen) atoms. The second kappa shape index (κ2) is 3.96. The number of likely N-dealkylation sites (N-methyl/N-ethyl adjacent to an activating group) is 1. The highest BCUT2D eigenvalue weighted by molar-refractivity contribution is 5.93. The van der Waals surface area contributed by atoms with Gasteiger partial charge in [-0.3, -0.25) is 0 Å². The van der Waals surface area contributed by atoms with Crippen LogP contribution < -0.4 is 10.6 Å². The molecular weight excluding hydrogens is 278 g/mol. The van der Waals surface area contributed by atoms with Gasteiger partial charge in [-0.15, -0.1) is 0 Å². The van der Waals surface area contributed by atoms with Crippen molar-refractivity contribution in [1.29, 1.82) is 0 Å². The minimum Gasteiger partial charge on any atom is -0.504 e. The topological polar surface area (TPSA) is 71.1 Å². The normalized spacial score (nSPS) is 40.4. The zero-order valence-corrected chi connectivity index (χ0v) is 12.7. The Morgan fingerprint density at radius 3 is 3.14 bits per heavy atom. The van der Waals surface area contributed by atoms with Crippen LogP contribution in [0.1, 0.15) is 30.4 Å². The van der Waals surface area contributed by atoms with Crippen LogP contribution in [-0.2, 0) is 11.8 Å². The molecule has 0 radical (unpaired) electrons. The number of hydrazone groups is 1. The van der Waals surface area contributed by atoms with Crippen LogP contribution in [-0.4, -0.2) is 41.5 Å². The molecule has 2 aliphatic carbocycles. The van der Waals surface area contributed by atoms with Gasteiger partial charge in [0.15, 0.2) is 11.5 Å². The van der Waals surface area contributed by atoms with Gasteiger partial charge in [0.2, 0.25) is 0 Å². The third-order valence-corrected chi connectivity index (χ3v) is 6.57. The number of nitrogens with two attached hydrogens (primary N) is 1. The molecule has 116 valence electrons. The molecule has 2 fully saturated rings. The number of nitrogens with zero attached hydrogens (tertiary/aromatic N) is 2. The van der Waals surface area contributed by atoms with Crippen molar-refractivity contribution in [2.45, 2.75) is 43.2 Å². The molecule has 2 aliphatic heterocycles. The van der Waals surface area contributed by atoms with E-state index in [0.717, 1.165) is 37.9 Å². The predicted octanol–water partition coefficient (Wildman–Crippen LogP) is 1.38. The van der Waals surface area contributed by atoms with E-state index in [1.807, 2.05) is 0 Å². The van der Waals surface area contributed by atoms with Crippen molar-refractivity contribution in [3.8, 4) is 11.5 Å². The third kappa shape index (κ3) is 1.24. The van der Waals surface area contributed by atoms with Crippen LogP contribution in [0.25, 0.3) is 0 Å². The highest BCUT2D eigenvalue weighted by Crippen LogP contribution is 2.63. The zero-order chi connectivity index (χ0) is 15.1. The van der Waals surface area contributed by atoms with Crippen LogP contribution in [0.3, 0.4) is 0 Å². The first-order chi connectivity index (χ1) is 10.7. The molecule has 1 aromatic carbocycles. The Morgan fingerprint density at radius 1 is 1.45 bits per heavy atom. The van der Waals surface area contributed by atoms with Gasteiger partial charge in [-0.05, 0) is 56.8 Å². The van der Waals surface area contributed by atoms with E-state index in [4.69, 9.17) is 10.6 Å². The summed E-state index contributed by atoms with van der Waals surface area (Å²) in [5.41, 5.74) is 3.52. The Bertz CT molecular complexity index is 701. The largest absolute Gasteiger partial charge is 0.504 e. The molecule has 3 N–H and O–H groups in total. The third-order valence-electron chi connectivity index (χ3n) is 6.57. The number of hydrogen-bond acceptors (Lipinski definition) is 5. The quantitative estimate of drug-likeness (QED) is 0.561. The Kier molecular flexibility index (Phi) is 2.30.